The molecule has 5 rings (SSSR count). The lowest BCUT2D eigenvalue weighted by atomic mass is 9.79. The zero-order valence-corrected chi connectivity index (χ0v) is 30.2. The highest BCUT2D eigenvalue weighted by molar-refractivity contribution is 6.74. The fourth-order valence-electron chi connectivity index (χ4n) is 5.93. The summed E-state index contributed by atoms with van der Waals surface area (Å²) in [6, 6.07) is 20.0. The molecule has 1 heterocycles. The molecule has 254 valence electrons. The van der Waals surface area contributed by atoms with E-state index in [0.717, 1.165) is 55.6 Å². The van der Waals surface area contributed by atoms with Crippen molar-refractivity contribution in [3.63, 3.8) is 0 Å². The number of nitrogens with one attached hydrogen (secondary N) is 1. The highest BCUT2D eigenvalue weighted by Crippen LogP contribution is 2.37. The Morgan fingerprint density at radius 3 is 1.74 bits per heavy atom. The van der Waals surface area contributed by atoms with Gasteiger partial charge in [0.1, 0.15) is 11.9 Å². The molecule has 0 spiro atoms. The van der Waals surface area contributed by atoms with Crippen molar-refractivity contribution in [2.45, 2.75) is 115 Å². The number of aldehydes is 1. The highest BCUT2D eigenvalue weighted by Gasteiger charge is 2.41. The normalized spacial score (nSPS) is 18.9. The second-order valence-electron chi connectivity index (χ2n) is 14.2. The van der Waals surface area contributed by atoms with Crippen molar-refractivity contribution in [1.29, 1.82) is 0 Å². The topological polar surface area (TPSA) is 78.8 Å². The zero-order chi connectivity index (χ0) is 33.9. The summed E-state index contributed by atoms with van der Waals surface area (Å²) in [4.78, 5) is 10.0. The lowest BCUT2D eigenvalue weighted by Gasteiger charge is -2.35. The van der Waals surface area contributed by atoms with Crippen LogP contribution in [0.25, 0.3) is 0 Å². The number of carbonyl (C=O) groups excluding carboxylic acids is 1. The summed E-state index contributed by atoms with van der Waals surface area (Å²) in [5.41, 5.74) is 0.972. The number of rotatable bonds is 8. The Kier molecular flexibility index (Phi) is 17.8. The van der Waals surface area contributed by atoms with Gasteiger partial charge in [-0.15, -0.1) is 6.42 Å². The van der Waals surface area contributed by atoms with Gasteiger partial charge in [0.05, 0.1) is 13.2 Å². The van der Waals surface area contributed by atoms with Gasteiger partial charge >= 0.3 is 0 Å². The fourth-order valence-corrected chi connectivity index (χ4v) is 6.81. The van der Waals surface area contributed by atoms with Crippen LogP contribution in [0.4, 0.5) is 0 Å². The second kappa shape index (κ2) is 20.6. The maximum atomic E-state index is 11.4. The number of carbonyl (C=O) groups is 1. The molecule has 3 aliphatic rings. The minimum absolute atomic E-state index is 0.0808. The van der Waals surface area contributed by atoms with Gasteiger partial charge in [-0.1, -0.05) is 125 Å². The van der Waals surface area contributed by atoms with Crippen molar-refractivity contribution in [3.05, 3.63) is 83.9 Å². The first kappa shape index (κ1) is 39.6. The largest absolute Gasteiger partial charge is 0.406 e. The third-order valence-corrected chi connectivity index (χ3v) is 14.3. The van der Waals surface area contributed by atoms with Crippen molar-refractivity contribution < 1.29 is 19.4 Å². The molecule has 0 bridgehead atoms. The van der Waals surface area contributed by atoms with Crippen LogP contribution in [0.15, 0.2) is 72.8 Å². The lowest BCUT2D eigenvalue weighted by molar-refractivity contribution is -0.110. The first-order valence-electron chi connectivity index (χ1n) is 17.4. The average Bonchev–Trinajstić information content (AvgIpc) is 3.88. The van der Waals surface area contributed by atoms with E-state index < -0.39 is 13.9 Å². The van der Waals surface area contributed by atoms with E-state index in [1.165, 1.54) is 38.5 Å². The number of hydrogen-bond donors (Lipinski definition) is 3. The van der Waals surface area contributed by atoms with Crippen molar-refractivity contribution in [3.8, 4) is 12.3 Å². The molecule has 2 aromatic carbocycles. The summed E-state index contributed by atoms with van der Waals surface area (Å²) in [6.45, 7) is 12.6. The number of hydrogen-bond acceptors (Lipinski definition) is 5. The van der Waals surface area contributed by atoms with Crippen LogP contribution in [0.1, 0.15) is 96.1 Å². The van der Waals surface area contributed by atoms with Gasteiger partial charge in [0.25, 0.3) is 0 Å². The zero-order valence-electron chi connectivity index (χ0n) is 29.2. The molecule has 3 N–H and O–H groups in total. The molecule has 0 unspecified atom stereocenters. The summed E-state index contributed by atoms with van der Waals surface area (Å²) in [6.07, 6.45) is 22.6. The first-order chi connectivity index (χ1) is 22.0. The fraction of sp³-hybridized carbons (Fsp3) is 0.575. The van der Waals surface area contributed by atoms with Crippen LogP contribution in [-0.4, -0.2) is 50.6 Å². The Hall–Kier alpha value is -2.53. The van der Waals surface area contributed by atoms with E-state index in [-0.39, 0.29) is 17.7 Å². The van der Waals surface area contributed by atoms with Gasteiger partial charge in [-0.05, 0) is 80.2 Å². The minimum atomic E-state index is -1.57. The smallest absolute Gasteiger partial charge is 0.193 e. The number of aliphatic hydroxyl groups excluding tert-OH is 1. The Morgan fingerprint density at radius 1 is 0.870 bits per heavy atom. The summed E-state index contributed by atoms with van der Waals surface area (Å²) in [5, 5.41) is 23.5. The molecule has 46 heavy (non-hydrogen) atoms. The second-order valence-corrected chi connectivity index (χ2v) is 19.0. The number of allylic oxidation sites excluding steroid dienone is 1. The molecule has 1 atom stereocenters. The predicted molar refractivity (Wildman–Crippen MR) is 195 cm³/mol. The summed E-state index contributed by atoms with van der Waals surface area (Å²) in [5.74, 6) is 3.70. The standard InChI is InChI=1S/C17H19NO.C9H18OSi.C8H14O.C6H10O/c19-17(16-12-7-13-18-16,14-8-3-1-4-9-14)15-10-5-2-6-11-15;1-7-8-10-11(5,6)9(2,3)4;9-7-3-6-8-4-1-2-5-8;7-5-6-3-1-2-4-6/h1-6,8-11,16,18-19H,7,12-13H2;1H,8H2,2-6H3;3,6,8-9H,1-2,4-5,7H2;5-6H,1-4H2/b;;6-3+;/t16-;;;/m0.../s1. The van der Waals surface area contributed by atoms with E-state index in [4.69, 9.17) is 16.0 Å². The van der Waals surface area contributed by atoms with Crippen LogP contribution in [0.3, 0.4) is 0 Å². The van der Waals surface area contributed by atoms with Crippen LogP contribution in [-0.2, 0) is 14.8 Å². The van der Waals surface area contributed by atoms with E-state index in [2.05, 4.69) is 51.2 Å². The van der Waals surface area contributed by atoms with Crippen LogP contribution in [0.2, 0.25) is 18.1 Å². The SMILES string of the molecule is C#CCO[Si](C)(C)C(C)(C)C.O=CC1CCCC1.OC(c1ccccc1)(c1ccccc1)[C@@H]1CCCN1.OC/C=C/C1CCCC1. The monoisotopic (exact) mass is 647 g/mol. The molecule has 0 amide bonds. The quantitative estimate of drug-likeness (QED) is 0.116. The maximum Gasteiger partial charge on any atom is 0.193 e. The molecule has 5 nitrogen and oxygen atoms in total. The van der Waals surface area contributed by atoms with E-state index in [1.54, 1.807) is 0 Å². The molecule has 0 radical (unpaired) electrons. The number of benzene rings is 2. The molecule has 2 saturated carbocycles. The Labute approximate surface area is 281 Å². The summed E-state index contributed by atoms with van der Waals surface area (Å²) in [7, 11) is -1.57. The Morgan fingerprint density at radius 2 is 1.37 bits per heavy atom. The van der Waals surface area contributed by atoms with Crippen LogP contribution in [0, 0.1) is 24.2 Å². The van der Waals surface area contributed by atoms with E-state index in [0.29, 0.717) is 12.5 Å². The van der Waals surface area contributed by atoms with Gasteiger partial charge in [-0.25, -0.2) is 0 Å². The van der Waals surface area contributed by atoms with Gasteiger partial charge in [0.15, 0.2) is 8.32 Å². The molecule has 1 saturated heterocycles. The molecule has 0 aromatic heterocycles. The van der Waals surface area contributed by atoms with E-state index >= 15 is 0 Å². The van der Waals surface area contributed by atoms with Crippen molar-refractivity contribution in [1.82, 2.24) is 5.32 Å². The molecule has 6 heteroatoms. The van der Waals surface area contributed by atoms with Crippen molar-refractivity contribution in [2.75, 3.05) is 19.8 Å². The molecule has 2 aromatic rings. The molecular formula is C40H61NO4Si. The van der Waals surface area contributed by atoms with E-state index in [9.17, 15) is 9.90 Å². The van der Waals surface area contributed by atoms with Crippen LogP contribution >= 0.6 is 0 Å². The Bertz CT molecular complexity index is 1110. The molecular weight excluding hydrogens is 587 g/mol. The number of aliphatic hydroxyl groups is 2. The molecule has 2 aliphatic carbocycles. The van der Waals surface area contributed by atoms with Gasteiger partial charge in [0, 0.05) is 12.0 Å². The molecule has 3 fully saturated rings. The summed E-state index contributed by atoms with van der Waals surface area (Å²) >= 11 is 0. The van der Waals surface area contributed by atoms with E-state index in [1.807, 2.05) is 66.7 Å². The maximum absolute atomic E-state index is 11.4. The van der Waals surface area contributed by atoms with Gasteiger partial charge < -0.3 is 24.8 Å². The van der Waals surface area contributed by atoms with Crippen LogP contribution < -0.4 is 5.32 Å². The van der Waals surface area contributed by atoms with Crippen molar-refractivity contribution in [2.24, 2.45) is 11.8 Å². The Balaban J connectivity index is 0.000000233. The third-order valence-electron chi connectivity index (χ3n) is 9.82. The van der Waals surface area contributed by atoms with Crippen molar-refractivity contribution >= 4 is 14.6 Å². The average molecular weight is 648 g/mol. The van der Waals surface area contributed by atoms with Crippen LogP contribution in [0.5, 0.6) is 0 Å². The predicted octanol–water partition coefficient (Wildman–Crippen LogP) is 8.42. The number of terminal acetylenes is 1. The first-order valence-corrected chi connectivity index (χ1v) is 20.3. The molecule has 1 aliphatic heterocycles. The van der Waals surface area contributed by atoms with Gasteiger partial charge in [-0.2, -0.15) is 0 Å². The van der Waals surface area contributed by atoms with Gasteiger partial charge in [0.2, 0.25) is 0 Å². The lowest BCUT2D eigenvalue weighted by Crippen LogP contribution is -2.46. The minimum Gasteiger partial charge on any atom is -0.406 e. The van der Waals surface area contributed by atoms with Gasteiger partial charge in [-0.3, -0.25) is 0 Å². The third kappa shape index (κ3) is 12.9. The summed E-state index contributed by atoms with van der Waals surface area (Å²) < 4.78 is 5.65. The highest BCUT2D eigenvalue weighted by atomic mass is 28.4.